The molecule has 0 spiro atoms. The lowest BCUT2D eigenvalue weighted by Crippen LogP contribution is -2.30. The zero-order valence-electron chi connectivity index (χ0n) is 16.3. The molecule has 0 unspecified atom stereocenters. The van der Waals surface area contributed by atoms with Gasteiger partial charge in [-0.25, -0.2) is 4.39 Å². The molecule has 2 rings (SSSR count). The summed E-state index contributed by atoms with van der Waals surface area (Å²) in [4.78, 5) is 14.3. The molecule has 0 aliphatic rings. The molecule has 0 fully saturated rings. The van der Waals surface area contributed by atoms with Crippen LogP contribution >= 0.6 is 0 Å². The molecule has 6 heteroatoms. The number of aryl methyl sites for hydroxylation is 1. The number of nitrogens with zero attached hydrogens (tertiary/aromatic N) is 1. The molecule has 0 heterocycles. The van der Waals surface area contributed by atoms with E-state index in [4.69, 9.17) is 14.2 Å². The summed E-state index contributed by atoms with van der Waals surface area (Å²) in [5.74, 6) is 1.36. The minimum absolute atomic E-state index is 0.00973. The Kier molecular flexibility index (Phi) is 7.46. The fourth-order valence-electron chi connectivity index (χ4n) is 2.92. The summed E-state index contributed by atoms with van der Waals surface area (Å²) in [7, 11) is 4.67. The third-order valence-corrected chi connectivity index (χ3v) is 4.35. The minimum Gasteiger partial charge on any atom is -0.493 e. The quantitative estimate of drug-likeness (QED) is 0.668. The molecule has 0 aromatic heterocycles. The van der Waals surface area contributed by atoms with E-state index in [0.29, 0.717) is 43.2 Å². The van der Waals surface area contributed by atoms with Crippen molar-refractivity contribution in [3.05, 3.63) is 53.3 Å². The highest BCUT2D eigenvalue weighted by Gasteiger charge is 2.16. The van der Waals surface area contributed by atoms with Crippen LogP contribution in [-0.2, 0) is 17.8 Å². The van der Waals surface area contributed by atoms with Gasteiger partial charge in [0.1, 0.15) is 5.82 Å². The second kappa shape index (κ2) is 9.80. The third kappa shape index (κ3) is 5.36. The van der Waals surface area contributed by atoms with Crippen molar-refractivity contribution in [3.63, 3.8) is 0 Å². The van der Waals surface area contributed by atoms with Gasteiger partial charge in [0.15, 0.2) is 11.5 Å². The van der Waals surface area contributed by atoms with Gasteiger partial charge in [0.05, 0.1) is 21.3 Å². The van der Waals surface area contributed by atoms with Crippen molar-refractivity contribution in [1.29, 1.82) is 0 Å². The fraction of sp³-hybridized carbons (Fsp3) is 0.381. The van der Waals surface area contributed by atoms with E-state index in [9.17, 15) is 9.18 Å². The van der Waals surface area contributed by atoms with E-state index in [1.54, 1.807) is 32.3 Å². The van der Waals surface area contributed by atoms with Crippen LogP contribution in [0.15, 0.2) is 36.4 Å². The van der Waals surface area contributed by atoms with Gasteiger partial charge in [0.25, 0.3) is 0 Å². The summed E-state index contributed by atoms with van der Waals surface area (Å²) in [6.07, 6.45) is 0.872. The smallest absolute Gasteiger partial charge is 0.223 e. The molecule has 5 nitrogen and oxygen atoms in total. The van der Waals surface area contributed by atoms with Crippen LogP contribution in [0.1, 0.15) is 24.5 Å². The predicted molar refractivity (Wildman–Crippen MR) is 102 cm³/mol. The summed E-state index contributed by atoms with van der Waals surface area (Å²) in [5.41, 5.74) is 1.69. The van der Waals surface area contributed by atoms with E-state index in [2.05, 4.69) is 0 Å². The normalized spacial score (nSPS) is 10.4. The topological polar surface area (TPSA) is 48.0 Å². The Bertz CT molecular complexity index is 754. The molecular formula is C21H26FNO4. The maximum absolute atomic E-state index is 13.4. The zero-order valence-corrected chi connectivity index (χ0v) is 16.3. The van der Waals surface area contributed by atoms with Crippen LogP contribution < -0.4 is 14.2 Å². The third-order valence-electron chi connectivity index (χ3n) is 4.35. The number of halogens is 1. The molecule has 0 N–H and O–H groups in total. The maximum atomic E-state index is 13.4. The van der Waals surface area contributed by atoms with Crippen molar-refractivity contribution in [2.45, 2.75) is 26.3 Å². The molecule has 0 radical (unpaired) electrons. The SMILES string of the molecule is CCN(Cc1cccc(F)c1)C(=O)CCc1cc(OC)c(OC)c(OC)c1. The van der Waals surface area contributed by atoms with E-state index in [1.807, 2.05) is 25.1 Å². The summed E-state index contributed by atoms with van der Waals surface area (Å²) in [6.45, 7) is 2.86. The van der Waals surface area contributed by atoms with Crippen LogP contribution in [0.25, 0.3) is 0 Å². The average Bonchev–Trinajstić information content (AvgIpc) is 2.69. The van der Waals surface area contributed by atoms with Gasteiger partial charge < -0.3 is 19.1 Å². The van der Waals surface area contributed by atoms with E-state index < -0.39 is 0 Å². The first-order valence-corrected chi connectivity index (χ1v) is 8.83. The van der Waals surface area contributed by atoms with Crippen molar-refractivity contribution in [2.75, 3.05) is 27.9 Å². The van der Waals surface area contributed by atoms with Crippen LogP contribution in [0.3, 0.4) is 0 Å². The molecule has 0 aliphatic heterocycles. The van der Waals surface area contributed by atoms with E-state index in [0.717, 1.165) is 11.1 Å². The van der Waals surface area contributed by atoms with E-state index >= 15 is 0 Å². The molecule has 0 saturated heterocycles. The Morgan fingerprint density at radius 2 is 1.67 bits per heavy atom. The fourth-order valence-corrected chi connectivity index (χ4v) is 2.92. The molecule has 0 bridgehead atoms. The van der Waals surface area contributed by atoms with Crippen molar-refractivity contribution < 1.29 is 23.4 Å². The number of methoxy groups -OCH3 is 3. The molecule has 146 valence electrons. The molecule has 0 saturated carbocycles. The van der Waals surface area contributed by atoms with Gasteiger partial charge in [-0.2, -0.15) is 0 Å². The number of amides is 1. The summed E-state index contributed by atoms with van der Waals surface area (Å²) >= 11 is 0. The Balaban J connectivity index is 2.07. The van der Waals surface area contributed by atoms with Crippen molar-refractivity contribution in [3.8, 4) is 17.2 Å². The Morgan fingerprint density at radius 3 is 2.19 bits per heavy atom. The molecule has 2 aromatic carbocycles. The number of hydrogen-bond acceptors (Lipinski definition) is 4. The maximum Gasteiger partial charge on any atom is 0.223 e. The molecule has 0 atom stereocenters. The molecule has 1 amide bonds. The first-order chi connectivity index (χ1) is 13.0. The van der Waals surface area contributed by atoms with Gasteiger partial charge in [-0.15, -0.1) is 0 Å². The molecule has 0 aliphatic carbocycles. The van der Waals surface area contributed by atoms with E-state index in [-0.39, 0.29) is 11.7 Å². The number of carbonyl (C=O) groups is 1. The highest BCUT2D eigenvalue weighted by molar-refractivity contribution is 5.76. The number of rotatable bonds is 9. The van der Waals surface area contributed by atoms with Gasteiger partial charge in [-0.3, -0.25) is 4.79 Å². The van der Waals surface area contributed by atoms with Crippen LogP contribution in [0, 0.1) is 5.82 Å². The molecule has 27 heavy (non-hydrogen) atoms. The average molecular weight is 375 g/mol. The van der Waals surface area contributed by atoms with Gasteiger partial charge in [-0.1, -0.05) is 12.1 Å². The van der Waals surface area contributed by atoms with Gasteiger partial charge in [0.2, 0.25) is 11.7 Å². The molecular weight excluding hydrogens is 349 g/mol. The lowest BCUT2D eigenvalue weighted by molar-refractivity contribution is -0.131. The zero-order chi connectivity index (χ0) is 19.8. The predicted octanol–water partition coefficient (Wildman–Crippen LogP) is 3.83. The second-order valence-corrected chi connectivity index (χ2v) is 6.07. The largest absolute Gasteiger partial charge is 0.493 e. The van der Waals surface area contributed by atoms with Crippen LogP contribution in [-0.4, -0.2) is 38.7 Å². The van der Waals surface area contributed by atoms with E-state index in [1.165, 1.54) is 12.1 Å². The first kappa shape index (κ1) is 20.6. The second-order valence-electron chi connectivity index (χ2n) is 6.07. The number of ether oxygens (including phenoxy) is 3. The van der Waals surface area contributed by atoms with Crippen molar-refractivity contribution >= 4 is 5.91 Å². The van der Waals surface area contributed by atoms with Gasteiger partial charge in [0, 0.05) is 19.5 Å². The van der Waals surface area contributed by atoms with Gasteiger partial charge in [-0.05, 0) is 48.7 Å². The Labute approximate surface area is 159 Å². The first-order valence-electron chi connectivity index (χ1n) is 8.83. The van der Waals surface area contributed by atoms with Crippen LogP contribution in [0.4, 0.5) is 4.39 Å². The highest BCUT2D eigenvalue weighted by atomic mass is 19.1. The number of benzene rings is 2. The number of hydrogen-bond donors (Lipinski definition) is 0. The standard InChI is InChI=1S/C21H26FNO4/c1-5-23(14-16-7-6-8-17(22)11-16)20(24)10-9-15-12-18(25-2)21(27-4)19(13-15)26-3/h6-8,11-13H,5,9-10,14H2,1-4H3. The monoisotopic (exact) mass is 375 g/mol. The van der Waals surface area contributed by atoms with Crippen LogP contribution in [0.5, 0.6) is 17.2 Å². The highest BCUT2D eigenvalue weighted by Crippen LogP contribution is 2.38. The van der Waals surface area contributed by atoms with Gasteiger partial charge >= 0.3 is 0 Å². The van der Waals surface area contributed by atoms with Crippen molar-refractivity contribution in [2.24, 2.45) is 0 Å². The van der Waals surface area contributed by atoms with Crippen molar-refractivity contribution in [1.82, 2.24) is 4.90 Å². The van der Waals surface area contributed by atoms with Crippen LogP contribution in [0.2, 0.25) is 0 Å². The number of carbonyl (C=O) groups excluding carboxylic acids is 1. The lowest BCUT2D eigenvalue weighted by Gasteiger charge is -2.21. The minimum atomic E-state index is -0.298. The Hall–Kier alpha value is -2.76. The Morgan fingerprint density at radius 1 is 1.00 bits per heavy atom. The summed E-state index contributed by atoms with van der Waals surface area (Å²) < 4.78 is 29.4. The summed E-state index contributed by atoms with van der Waals surface area (Å²) in [6, 6.07) is 10.0. The molecule has 2 aromatic rings. The lowest BCUT2D eigenvalue weighted by atomic mass is 10.1. The summed E-state index contributed by atoms with van der Waals surface area (Å²) in [5, 5.41) is 0.